The lowest BCUT2D eigenvalue weighted by atomic mass is 10.1. The minimum absolute atomic E-state index is 0.232. The van der Waals surface area contributed by atoms with Gasteiger partial charge in [0.25, 0.3) is 0 Å². The molecule has 0 aliphatic heterocycles. The van der Waals surface area contributed by atoms with E-state index < -0.39 is 0 Å². The summed E-state index contributed by atoms with van der Waals surface area (Å²) < 4.78 is 25.8. The van der Waals surface area contributed by atoms with E-state index in [0.29, 0.717) is 59.3 Å². The maximum absolute atomic E-state index is 13.9. The standard InChI is InChI=1S/C27H25ClFN3O2S/c1-17-13-20(25(23(14-17)30-2)31-10-6-11-33-3)27-32-26-21(28)15-19(16-24(26)35-27)34-12-9-18-7-4-5-8-22(18)29/h4-5,7-8,10,13-16H,2,6,9,11-12H2,1,3H3/b31-10-. The van der Waals surface area contributed by atoms with E-state index in [1.54, 1.807) is 25.3 Å². The van der Waals surface area contributed by atoms with Crippen molar-refractivity contribution >= 4 is 57.5 Å². The van der Waals surface area contributed by atoms with Crippen molar-refractivity contribution in [2.75, 3.05) is 20.3 Å². The van der Waals surface area contributed by atoms with Crippen molar-refractivity contribution in [1.82, 2.24) is 4.98 Å². The van der Waals surface area contributed by atoms with Crippen molar-refractivity contribution in [3.8, 4) is 16.3 Å². The average Bonchev–Trinajstić information content (AvgIpc) is 3.28. The lowest BCUT2D eigenvalue weighted by Gasteiger charge is -2.08. The molecule has 0 atom stereocenters. The van der Waals surface area contributed by atoms with Crippen molar-refractivity contribution in [3.63, 3.8) is 0 Å². The van der Waals surface area contributed by atoms with E-state index in [0.717, 1.165) is 20.8 Å². The van der Waals surface area contributed by atoms with Crippen molar-refractivity contribution in [2.45, 2.75) is 19.8 Å². The topological polar surface area (TPSA) is 56.1 Å². The molecule has 35 heavy (non-hydrogen) atoms. The maximum atomic E-state index is 13.9. The normalized spacial score (nSPS) is 11.4. The zero-order valence-corrected chi connectivity index (χ0v) is 21.1. The number of halogens is 2. The number of thiazole rings is 1. The largest absolute Gasteiger partial charge is 0.493 e. The molecule has 180 valence electrons. The first kappa shape index (κ1) is 25.0. The maximum Gasteiger partial charge on any atom is 0.126 e. The van der Waals surface area contributed by atoms with Crippen molar-refractivity contribution in [1.29, 1.82) is 0 Å². The van der Waals surface area contributed by atoms with Gasteiger partial charge in [0.1, 0.15) is 22.1 Å². The molecule has 0 fully saturated rings. The molecule has 0 bridgehead atoms. The van der Waals surface area contributed by atoms with Crippen molar-refractivity contribution < 1.29 is 13.9 Å². The number of aromatic nitrogens is 1. The van der Waals surface area contributed by atoms with Gasteiger partial charge in [0.15, 0.2) is 0 Å². The Balaban J connectivity index is 1.64. The first-order valence-electron chi connectivity index (χ1n) is 11.1. The predicted molar refractivity (Wildman–Crippen MR) is 144 cm³/mol. The Morgan fingerprint density at radius 1 is 1.17 bits per heavy atom. The third-order valence-electron chi connectivity index (χ3n) is 5.33. The van der Waals surface area contributed by atoms with Gasteiger partial charge in [-0.3, -0.25) is 9.98 Å². The Hall–Kier alpha value is -3.13. The molecule has 4 aromatic rings. The van der Waals surface area contributed by atoms with Crippen LogP contribution < -0.4 is 4.74 Å². The van der Waals surface area contributed by atoms with E-state index >= 15 is 0 Å². The summed E-state index contributed by atoms with van der Waals surface area (Å²) in [6.07, 6.45) is 2.95. The summed E-state index contributed by atoms with van der Waals surface area (Å²) in [7, 11) is 1.66. The SMILES string of the molecule is C=Nc1cc(C)cc(-c2nc3c(Cl)cc(OCCc4ccccc4F)cc3s2)c1/N=C\CCOC. The number of hydrogen-bond donors (Lipinski definition) is 0. The van der Waals surface area contributed by atoms with Gasteiger partial charge in [-0.2, -0.15) is 0 Å². The zero-order chi connectivity index (χ0) is 24.8. The van der Waals surface area contributed by atoms with Crippen LogP contribution in [0.15, 0.2) is 58.5 Å². The smallest absolute Gasteiger partial charge is 0.126 e. The number of aryl methyl sites for hydroxylation is 1. The van der Waals surface area contributed by atoms with Crippen molar-refractivity contribution in [3.05, 3.63) is 70.5 Å². The van der Waals surface area contributed by atoms with Crippen LogP contribution in [0.25, 0.3) is 20.8 Å². The molecule has 0 amide bonds. The molecule has 0 radical (unpaired) electrons. The van der Waals surface area contributed by atoms with E-state index in [2.05, 4.69) is 16.7 Å². The van der Waals surface area contributed by atoms with E-state index in [9.17, 15) is 4.39 Å². The summed E-state index contributed by atoms with van der Waals surface area (Å²) in [5.74, 6) is 0.383. The van der Waals surface area contributed by atoms with Crippen LogP contribution in [0.2, 0.25) is 5.02 Å². The van der Waals surface area contributed by atoms with Crippen molar-refractivity contribution in [2.24, 2.45) is 9.98 Å². The van der Waals surface area contributed by atoms with Crippen LogP contribution in [0, 0.1) is 12.7 Å². The second-order valence-electron chi connectivity index (χ2n) is 7.89. The van der Waals surface area contributed by atoms with Gasteiger partial charge in [0, 0.05) is 37.8 Å². The van der Waals surface area contributed by atoms with E-state index in [1.807, 2.05) is 37.4 Å². The molecule has 5 nitrogen and oxygen atoms in total. The number of rotatable bonds is 10. The summed E-state index contributed by atoms with van der Waals surface area (Å²) in [6, 6.07) is 14.3. The number of hydrogen-bond acceptors (Lipinski definition) is 6. The number of aliphatic imine (C=N–C) groups is 2. The zero-order valence-electron chi connectivity index (χ0n) is 19.6. The molecular weight excluding hydrogens is 485 g/mol. The highest BCUT2D eigenvalue weighted by Crippen LogP contribution is 2.43. The molecule has 4 rings (SSSR count). The molecule has 0 saturated carbocycles. The quantitative estimate of drug-likeness (QED) is 0.162. The molecular formula is C27H25ClFN3O2S. The molecule has 8 heteroatoms. The van der Waals surface area contributed by atoms with Gasteiger partial charge in [-0.05, 0) is 49.0 Å². The Labute approximate surface area is 212 Å². The van der Waals surface area contributed by atoms with Crippen LogP contribution in [0.1, 0.15) is 17.5 Å². The fourth-order valence-electron chi connectivity index (χ4n) is 3.65. The highest BCUT2D eigenvalue weighted by atomic mass is 35.5. The number of ether oxygens (including phenoxy) is 2. The highest BCUT2D eigenvalue weighted by molar-refractivity contribution is 7.21. The van der Waals surface area contributed by atoms with Crippen LogP contribution in [-0.4, -0.2) is 38.2 Å². The molecule has 1 heterocycles. The molecule has 1 aromatic heterocycles. The third-order valence-corrected chi connectivity index (χ3v) is 6.65. The molecule has 0 unspecified atom stereocenters. The van der Waals surface area contributed by atoms with Gasteiger partial charge < -0.3 is 9.47 Å². The molecule has 0 aliphatic rings. The van der Waals surface area contributed by atoms with E-state index in [-0.39, 0.29) is 5.82 Å². The minimum atomic E-state index is -0.232. The highest BCUT2D eigenvalue weighted by Gasteiger charge is 2.17. The van der Waals surface area contributed by atoms with Gasteiger partial charge in [0.2, 0.25) is 0 Å². The van der Waals surface area contributed by atoms with Crippen LogP contribution in [0.5, 0.6) is 5.75 Å². The summed E-state index contributed by atoms with van der Waals surface area (Å²) in [6.45, 7) is 6.62. The van der Waals surface area contributed by atoms with Gasteiger partial charge >= 0.3 is 0 Å². The van der Waals surface area contributed by atoms with Gasteiger partial charge in [-0.1, -0.05) is 29.8 Å². The first-order chi connectivity index (χ1) is 17.0. The number of methoxy groups -OCH3 is 1. The van der Waals surface area contributed by atoms with Crippen LogP contribution in [0.4, 0.5) is 15.8 Å². The molecule has 0 aliphatic carbocycles. The average molecular weight is 510 g/mol. The fraction of sp³-hybridized carbons (Fsp3) is 0.222. The van der Waals surface area contributed by atoms with Gasteiger partial charge in [0.05, 0.1) is 34.3 Å². The van der Waals surface area contributed by atoms with E-state index in [4.69, 9.17) is 26.1 Å². The Morgan fingerprint density at radius 2 is 2.00 bits per heavy atom. The fourth-order valence-corrected chi connectivity index (χ4v) is 4.99. The van der Waals surface area contributed by atoms with Crippen LogP contribution >= 0.6 is 22.9 Å². The van der Waals surface area contributed by atoms with Gasteiger partial charge in [-0.15, -0.1) is 11.3 Å². The lowest BCUT2D eigenvalue weighted by molar-refractivity contribution is 0.208. The minimum Gasteiger partial charge on any atom is -0.493 e. The third kappa shape index (κ3) is 5.93. The molecule has 3 aromatic carbocycles. The summed E-state index contributed by atoms with van der Waals surface area (Å²) in [5, 5.41) is 1.27. The molecule has 0 N–H and O–H groups in total. The predicted octanol–water partition coefficient (Wildman–Crippen LogP) is 7.76. The summed E-state index contributed by atoms with van der Waals surface area (Å²) in [5.41, 5.74) is 4.59. The molecule has 0 saturated heterocycles. The number of nitrogens with zero attached hydrogens (tertiary/aromatic N) is 3. The summed E-state index contributed by atoms with van der Waals surface area (Å²) >= 11 is 8.06. The summed E-state index contributed by atoms with van der Waals surface area (Å²) in [4.78, 5) is 13.6. The van der Waals surface area contributed by atoms with Crippen LogP contribution in [-0.2, 0) is 11.2 Å². The number of fused-ring (bicyclic) bond motifs is 1. The van der Waals surface area contributed by atoms with Crippen LogP contribution in [0.3, 0.4) is 0 Å². The lowest BCUT2D eigenvalue weighted by Crippen LogP contribution is -2.02. The second kappa shape index (κ2) is 11.5. The second-order valence-corrected chi connectivity index (χ2v) is 9.33. The van der Waals surface area contributed by atoms with Gasteiger partial charge in [-0.25, -0.2) is 9.37 Å². The Morgan fingerprint density at radius 3 is 2.77 bits per heavy atom. The monoisotopic (exact) mass is 509 g/mol. The van der Waals surface area contributed by atoms with E-state index in [1.165, 1.54) is 17.4 Å². The first-order valence-corrected chi connectivity index (χ1v) is 12.3. The molecule has 0 spiro atoms. The number of benzene rings is 3. The Bertz CT molecular complexity index is 1390. The Kier molecular flexibility index (Phi) is 8.23.